The summed E-state index contributed by atoms with van der Waals surface area (Å²) in [7, 11) is 0. The summed E-state index contributed by atoms with van der Waals surface area (Å²) in [5.41, 5.74) is 11.7. The highest BCUT2D eigenvalue weighted by atomic mass is 16.3. The molecule has 1 rings (SSSR count). The molecule has 6 nitrogen and oxygen atoms in total. The van der Waals surface area contributed by atoms with E-state index in [1.54, 1.807) is 0 Å². The molecule has 0 aromatic carbocycles. The molecule has 0 spiro atoms. The third-order valence-corrected chi connectivity index (χ3v) is 2.78. The van der Waals surface area contributed by atoms with Crippen molar-refractivity contribution in [3.63, 3.8) is 0 Å². The fourth-order valence-corrected chi connectivity index (χ4v) is 1.78. The molecule has 0 bridgehead atoms. The third kappa shape index (κ3) is 3.25. The number of carbonyl (C=O) groups is 2. The van der Waals surface area contributed by atoms with Gasteiger partial charge in [0.05, 0.1) is 24.0 Å². The number of rotatable bonds is 7. The van der Waals surface area contributed by atoms with Gasteiger partial charge in [-0.1, -0.05) is 6.42 Å². The maximum absolute atomic E-state index is 12.1. The molecule has 0 aliphatic rings. The number of aliphatic hydroxyl groups is 1. The van der Waals surface area contributed by atoms with E-state index >= 15 is 0 Å². The fraction of sp³-hybridized carbons (Fsp3) is 0.500. The number of nitrogens with two attached hydrogens (primary N) is 2. The minimum absolute atomic E-state index is 0.207. The average Bonchev–Trinajstić information content (AvgIpc) is 2.80. The first-order valence-corrected chi connectivity index (χ1v) is 5.92. The zero-order valence-electron chi connectivity index (χ0n) is 10.2. The van der Waals surface area contributed by atoms with Crippen LogP contribution in [0.5, 0.6) is 0 Å². The van der Waals surface area contributed by atoms with Gasteiger partial charge in [0, 0.05) is 0 Å². The van der Waals surface area contributed by atoms with Crippen LogP contribution in [-0.2, 0) is 6.61 Å². The molecule has 1 unspecified atom stereocenters. The van der Waals surface area contributed by atoms with Crippen molar-refractivity contribution in [1.82, 2.24) is 4.57 Å². The summed E-state index contributed by atoms with van der Waals surface area (Å²) in [4.78, 5) is 22.9. The van der Waals surface area contributed by atoms with E-state index in [4.69, 9.17) is 16.6 Å². The van der Waals surface area contributed by atoms with Crippen LogP contribution in [-0.4, -0.2) is 34.5 Å². The van der Waals surface area contributed by atoms with Crippen LogP contribution < -0.4 is 11.5 Å². The second-order valence-corrected chi connectivity index (χ2v) is 4.09. The molecule has 0 aliphatic carbocycles. The summed E-state index contributed by atoms with van der Waals surface area (Å²) in [5, 5.41) is 9.13. The van der Waals surface area contributed by atoms with Crippen molar-refractivity contribution in [2.75, 3.05) is 6.54 Å². The van der Waals surface area contributed by atoms with Crippen molar-refractivity contribution in [2.24, 2.45) is 11.5 Å². The zero-order chi connectivity index (χ0) is 13.5. The molecule has 1 heterocycles. The molecule has 6 heteroatoms. The number of nitrogens with zero attached hydrogens (tertiary/aromatic N) is 1. The third-order valence-electron chi connectivity index (χ3n) is 2.78. The summed E-state index contributed by atoms with van der Waals surface area (Å²) in [6.07, 6.45) is 2.65. The predicted octanol–water partition coefficient (Wildman–Crippen LogP) is -0.111. The summed E-state index contributed by atoms with van der Waals surface area (Å²) < 4.78 is 1.18. The Morgan fingerprint density at radius 1 is 1.44 bits per heavy atom. The Labute approximate surface area is 106 Å². The first kappa shape index (κ1) is 14.6. The molecular formula is C12H19N3O3. The van der Waals surface area contributed by atoms with Crippen LogP contribution in [0.15, 0.2) is 12.1 Å². The number of aldehydes is 1. The van der Waals surface area contributed by atoms with E-state index < -0.39 is 6.04 Å². The topological polar surface area (TPSA) is 111 Å². The quantitative estimate of drug-likeness (QED) is 0.463. The average molecular weight is 253 g/mol. The van der Waals surface area contributed by atoms with Crippen LogP contribution >= 0.6 is 0 Å². The van der Waals surface area contributed by atoms with Gasteiger partial charge >= 0.3 is 0 Å². The monoisotopic (exact) mass is 253 g/mol. The van der Waals surface area contributed by atoms with Crippen LogP contribution in [0.1, 0.15) is 40.2 Å². The molecule has 0 saturated carbocycles. The van der Waals surface area contributed by atoms with E-state index in [1.807, 2.05) is 0 Å². The maximum atomic E-state index is 12.1. The summed E-state index contributed by atoms with van der Waals surface area (Å²) >= 11 is 0. The number of aromatic nitrogens is 1. The molecule has 1 atom stereocenters. The first-order chi connectivity index (χ1) is 8.65. The number of hydrogen-bond acceptors (Lipinski definition) is 5. The van der Waals surface area contributed by atoms with Gasteiger partial charge in [0.2, 0.25) is 5.91 Å². The lowest BCUT2D eigenvalue weighted by molar-refractivity contribution is 0.0854. The maximum Gasteiger partial charge on any atom is 0.248 e. The Balaban J connectivity index is 2.81. The van der Waals surface area contributed by atoms with Crippen LogP contribution in [0.3, 0.4) is 0 Å². The second-order valence-electron chi connectivity index (χ2n) is 4.09. The Bertz CT molecular complexity index is 415. The van der Waals surface area contributed by atoms with E-state index in [0.29, 0.717) is 24.9 Å². The van der Waals surface area contributed by atoms with Crippen molar-refractivity contribution in [1.29, 1.82) is 0 Å². The number of carbonyl (C=O) groups excluding carboxylic acids is 2. The summed E-state index contributed by atoms with van der Waals surface area (Å²) in [6.45, 7) is 0.251. The number of unbranched alkanes of at least 4 members (excludes halogenated alkanes) is 1. The van der Waals surface area contributed by atoms with Crippen LogP contribution in [0.4, 0.5) is 0 Å². The van der Waals surface area contributed by atoms with Gasteiger partial charge in [-0.05, 0) is 31.5 Å². The van der Waals surface area contributed by atoms with Crippen LogP contribution in [0, 0.1) is 0 Å². The predicted molar refractivity (Wildman–Crippen MR) is 67.2 cm³/mol. The van der Waals surface area contributed by atoms with Gasteiger partial charge in [0.25, 0.3) is 0 Å². The molecule has 18 heavy (non-hydrogen) atoms. The van der Waals surface area contributed by atoms with Gasteiger partial charge in [-0.15, -0.1) is 0 Å². The highest BCUT2D eigenvalue weighted by Gasteiger charge is 2.20. The minimum Gasteiger partial charge on any atom is -0.390 e. The molecule has 1 aromatic heterocycles. The second kappa shape index (κ2) is 7.05. The normalized spacial score (nSPS) is 12.4. The van der Waals surface area contributed by atoms with Crippen LogP contribution in [0.2, 0.25) is 0 Å². The minimum atomic E-state index is -0.687. The molecule has 0 saturated heterocycles. The standard InChI is InChI=1S/C12H19N3O3/c13-6-2-1-3-11(14)12(18)15-9(7-16)4-5-10(15)8-17/h4-5,7,11,17H,1-3,6,8,13-14H2. The van der Waals surface area contributed by atoms with Crippen molar-refractivity contribution in [2.45, 2.75) is 31.9 Å². The molecule has 100 valence electrons. The lowest BCUT2D eigenvalue weighted by Gasteiger charge is -2.14. The number of aliphatic hydroxyl groups excluding tert-OH is 1. The van der Waals surface area contributed by atoms with Gasteiger partial charge in [0.15, 0.2) is 6.29 Å². The van der Waals surface area contributed by atoms with Crippen LogP contribution in [0.25, 0.3) is 0 Å². The lowest BCUT2D eigenvalue weighted by atomic mass is 10.1. The Morgan fingerprint density at radius 3 is 2.72 bits per heavy atom. The fourth-order valence-electron chi connectivity index (χ4n) is 1.78. The van der Waals surface area contributed by atoms with Gasteiger partial charge in [0.1, 0.15) is 0 Å². The molecule has 0 amide bonds. The molecule has 0 fully saturated rings. The molecule has 0 radical (unpaired) electrons. The zero-order valence-corrected chi connectivity index (χ0v) is 10.2. The Kier molecular flexibility index (Phi) is 5.70. The van der Waals surface area contributed by atoms with Crippen molar-refractivity contribution in [3.8, 4) is 0 Å². The van der Waals surface area contributed by atoms with Gasteiger partial charge in [-0.2, -0.15) is 0 Å². The van der Waals surface area contributed by atoms with Crippen molar-refractivity contribution >= 4 is 12.2 Å². The van der Waals surface area contributed by atoms with E-state index in [-0.39, 0.29) is 18.2 Å². The summed E-state index contributed by atoms with van der Waals surface area (Å²) in [6, 6.07) is 2.34. The van der Waals surface area contributed by atoms with E-state index in [2.05, 4.69) is 0 Å². The highest BCUT2D eigenvalue weighted by molar-refractivity contribution is 5.90. The van der Waals surface area contributed by atoms with Gasteiger partial charge < -0.3 is 16.6 Å². The largest absolute Gasteiger partial charge is 0.390 e. The van der Waals surface area contributed by atoms with Crippen molar-refractivity contribution < 1.29 is 14.7 Å². The lowest BCUT2D eigenvalue weighted by Crippen LogP contribution is -2.36. The smallest absolute Gasteiger partial charge is 0.248 e. The van der Waals surface area contributed by atoms with Crippen molar-refractivity contribution in [3.05, 3.63) is 23.5 Å². The first-order valence-electron chi connectivity index (χ1n) is 5.92. The number of hydrogen-bond donors (Lipinski definition) is 3. The van der Waals surface area contributed by atoms with E-state index in [0.717, 1.165) is 12.8 Å². The Morgan fingerprint density at radius 2 is 2.17 bits per heavy atom. The molecule has 0 aliphatic heterocycles. The Hall–Kier alpha value is -1.50. The van der Waals surface area contributed by atoms with Gasteiger partial charge in [-0.3, -0.25) is 14.2 Å². The molecular weight excluding hydrogens is 234 g/mol. The van der Waals surface area contributed by atoms with Gasteiger partial charge in [-0.25, -0.2) is 0 Å². The molecule has 5 N–H and O–H groups in total. The molecule has 1 aromatic rings. The van der Waals surface area contributed by atoms with E-state index in [9.17, 15) is 9.59 Å². The summed E-state index contributed by atoms with van der Waals surface area (Å²) in [5.74, 6) is -0.372. The highest BCUT2D eigenvalue weighted by Crippen LogP contribution is 2.10. The SMILES string of the molecule is NCCCCC(N)C(=O)n1c(C=O)ccc1CO. The van der Waals surface area contributed by atoms with E-state index in [1.165, 1.54) is 16.7 Å².